The predicted octanol–water partition coefficient (Wildman–Crippen LogP) is 3.04. The number of carbonyl (C=O) groups excluding carboxylic acids is 1. The highest BCUT2D eigenvalue weighted by Crippen LogP contribution is 2.28. The molecule has 5 aromatic rings. The molecule has 0 bridgehead atoms. The molecule has 0 radical (unpaired) electrons. The van der Waals surface area contributed by atoms with Gasteiger partial charge in [-0.15, -0.1) is 0 Å². The Morgan fingerprint density at radius 3 is 2.49 bits per heavy atom. The molecule has 12 nitrogen and oxygen atoms in total. The van der Waals surface area contributed by atoms with Crippen molar-refractivity contribution >= 4 is 22.8 Å². The number of hydrogen-bond acceptors (Lipinski definition) is 7. The average Bonchev–Trinajstić information content (AvgIpc) is 3.53. The van der Waals surface area contributed by atoms with Gasteiger partial charge in [-0.05, 0) is 42.3 Å². The molecule has 1 amide bonds. The van der Waals surface area contributed by atoms with Gasteiger partial charge in [0.2, 0.25) is 11.9 Å². The molecule has 0 aliphatic carbocycles. The standard InChI is InChI=1S/C31H32F2N8O4/c1-19-16-38(10-11-40(19)20(2)42)31-34-14-24(15-35-31)22-5-6-25-26(13-22)41(37(3)29(25)44)18-23-12-21(4-7-27(23)45-30(32)33)17-39-9-8-28(43)36-39/h4-9,12-15,19,30H,10-11,16-18H2,1-3H3,(H,36,43). The van der Waals surface area contributed by atoms with E-state index in [4.69, 9.17) is 4.74 Å². The number of nitrogens with zero attached hydrogens (tertiary/aromatic N) is 7. The SMILES string of the molecule is CC(=O)N1CCN(c2ncc(-c3ccc4c(=O)n(C)n(Cc5cc(Cn6ccc(=O)[nH]6)ccc5OC(F)F)c4c3)cn2)CC1C. The van der Waals surface area contributed by atoms with E-state index in [9.17, 15) is 23.2 Å². The van der Waals surface area contributed by atoms with Crippen LogP contribution in [0, 0.1) is 0 Å². The van der Waals surface area contributed by atoms with Crippen molar-refractivity contribution in [3.05, 3.63) is 92.9 Å². The molecular formula is C31H32F2N8O4. The number of nitrogens with one attached hydrogen (secondary N) is 1. The summed E-state index contributed by atoms with van der Waals surface area (Å²) >= 11 is 0. The van der Waals surface area contributed by atoms with Crippen molar-refractivity contribution in [2.75, 3.05) is 24.5 Å². The Bertz CT molecular complexity index is 1980. The Morgan fingerprint density at radius 2 is 1.82 bits per heavy atom. The van der Waals surface area contributed by atoms with Gasteiger partial charge in [-0.1, -0.05) is 12.1 Å². The van der Waals surface area contributed by atoms with Gasteiger partial charge in [-0.25, -0.2) is 9.97 Å². The van der Waals surface area contributed by atoms with Gasteiger partial charge in [-0.2, -0.15) is 8.78 Å². The number of fused-ring (bicyclic) bond motifs is 1. The maximum Gasteiger partial charge on any atom is 0.387 e. The van der Waals surface area contributed by atoms with E-state index in [-0.39, 0.29) is 35.4 Å². The number of aromatic nitrogens is 6. The number of amides is 1. The molecule has 14 heteroatoms. The third kappa shape index (κ3) is 6.08. The summed E-state index contributed by atoms with van der Waals surface area (Å²) in [5.41, 5.74) is 2.81. The summed E-state index contributed by atoms with van der Waals surface area (Å²) < 4.78 is 36.2. The zero-order valence-corrected chi connectivity index (χ0v) is 25.0. The van der Waals surface area contributed by atoms with Crippen LogP contribution in [0.1, 0.15) is 25.0 Å². The Morgan fingerprint density at radius 1 is 1.04 bits per heavy atom. The van der Waals surface area contributed by atoms with E-state index in [1.807, 2.05) is 28.9 Å². The van der Waals surface area contributed by atoms with Gasteiger partial charge < -0.3 is 14.5 Å². The number of H-pyrrole nitrogens is 1. The normalized spacial score (nSPS) is 15.3. The fraction of sp³-hybridized carbons (Fsp3) is 0.323. The van der Waals surface area contributed by atoms with Crippen molar-refractivity contribution in [3.63, 3.8) is 0 Å². The van der Waals surface area contributed by atoms with Crippen LogP contribution in [0.25, 0.3) is 22.0 Å². The predicted molar refractivity (Wildman–Crippen MR) is 164 cm³/mol. The Kier molecular flexibility index (Phi) is 7.96. The van der Waals surface area contributed by atoms with Crippen molar-refractivity contribution in [3.8, 4) is 16.9 Å². The van der Waals surface area contributed by atoms with Crippen LogP contribution in [-0.4, -0.2) is 72.2 Å². The quantitative estimate of drug-likeness (QED) is 0.284. The third-order valence-corrected chi connectivity index (χ3v) is 8.12. The highest BCUT2D eigenvalue weighted by atomic mass is 19.3. The van der Waals surface area contributed by atoms with Crippen LogP contribution in [-0.2, 0) is 24.9 Å². The van der Waals surface area contributed by atoms with Crippen LogP contribution in [0.2, 0.25) is 0 Å². The van der Waals surface area contributed by atoms with Crippen LogP contribution in [0.5, 0.6) is 5.75 Å². The lowest BCUT2D eigenvalue weighted by atomic mass is 10.1. The van der Waals surface area contributed by atoms with Crippen LogP contribution in [0.15, 0.2) is 70.6 Å². The smallest absolute Gasteiger partial charge is 0.387 e. The highest BCUT2D eigenvalue weighted by molar-refractivity contribution is 5.84. The minimum absolute atomic E-state index is 0.0114. The van der Waals surface area contributed by atoms with Crippen molar-refractivity contribution in [2.24, 2.45) is 7.05 Å². The summed E-state index contributed by atoms with van der Waals surface area (Å²) in [5.74, 6) is 0.609. The number of anilines is 1. The van der Waals surface area contributed by atoms with Gasteiger partial charge >= 0.3 is 6.61 Å². The summed E-state index contributed by atoms with van der Waals surface area (Å²) in [5, 5.41) is 3.13. The number of piperazine rings is 1. The Hall–Kier alpha value is -5.27. The van der Waals surface area contributed by atoms with E-state index in [1.54, 1.807) is 60.1 Å². The molecule has 1 atom stereocenters. The molecule has 1 unspecified atom stereocenters. The number of carbonyl (C=O) groups is 1. The van der Waals surface area contributed by atoms with Gasteiger partial charge in [0, 0.05) is 75.4 Å². The largest absolute Gasteiger partial charge is 0.434 e. The highest BCUT2D eigenvalue weighted by Gasteiger charge is 2.26. The molecule has 3 aromatic heterocycles. The first kappa shape index (κ1) is 29.8. The van der Waals surface area contributed by atoms with Crippen LogP contribution in [0.3, 0.4) is 0 Å². The van der Waals surface area contributed by atoms with E-state index in [0.717, 1.165) is 16.7 Å². The number of rotatable bonds is 8. The lowest BCUT2D eigenvalue weighted by Gasteiger charge is -2.39. The van der Waals surface area contributed by atoms with Gasteiger partial charge in [0.1, 0.15) is 5.75 Å². The molecule has 6 rings (SSSR count). The van der Waals surface area contributed by atoms with Crippen molar-refractivity contribution in [1.82, 2.24) is 34.0 Å². The first-order valence-corrected chi connectivity index (χ1v) is 14.4. The van der Waals surface area contributed by atoms with Gasteiger partial charge in [-0.3, -0.25) is 33.5 Å². The number of halogens is 2. The lowest BCUT2D eigenvalue weighted by Crippen LogP contribution is -2.53. The van der Waals surface area contributed by atoms with Gasteiger partial charge in [0.05, 0.1) is 24.0 Å². The van der Waals surface area contributed by atoms with Crippen LogP contribution in [0.4, 0.5) is 14.7 Å². The van der Waals surface area contributed by atoms with Crippen molar-refractivity contribution in [1.29, 1.82) is 0 Å². The summed E-state index contributed by atoms with van der Waals surface area (Å²) in [6, 6.07) is 11.7. The molecular weight excluding hydrogens is 586 g/mol. The minimum Gasteiger partial charge on any atom is -0.434 e. The van der Waals surface area contributed by atoms with E-state index in [0.29, 0.717) is 48.6 Å². The number of benzene rings is 2. The summed E-state index contributed by atoms with van der Waals surface area (Å²) in [6.07, 6.45) is 5.04. The van der Waals surface area contributed by atoms with Crippen molar-refractivity contribution < 1.29 is 18.3 Å². The molecule has 45 heavy (non-hydrogen) atoms. The van der Waals surface area contributed by atoms with E-state index >= 15 is 0 Å². The molecule has 0 spiro atoms. The van der Waals surface area contributed by atoms with Crippen LogP contribution < -0.4 is 20.8 Å². The zero-order valence-electron chi connectivity index (χ0n) is 25.0. The number of ether oxygens (including phenoxy) is 1. The van der Waals surface area contributed by atoms with E-state index in [2.05, 4.69) is 15.1 Å². The Labute approximate surface area is 256 Å². The first-order valence-electron chi connectivity index (χ1n) is 14.4. The molecule has 1 fully saturated rings. The maximum absolute atomic E-state index is 13.3. The molecule has 1 saturated heterocycles. The maximum atomic E-state index is 13.3. The lowest BCUT2D eigenvalue weighted by molar-refractivity contribution is -0.131. The molecule has 234 valence electrons. The number of aromatic amines is 1. The summed E-state index contributed by atoms with van der Waals surface area (Å²) in [4.78, 5) is 49.6. The fourth-order valence-corrected chi connectivity index (χ4v) is 5.87. The number of hydrogen-bond donors (Lipinski definition) is 1. The summed E-state index contributed by atoms with van der Waals surface area (Å²) in [7, 11) is 1.62. The second-order valence-electron chi connectivity index (χ2n) is 11.1. The van der Waals surface area contributed by atoms with Crippen molar-refractivity contribution in [2.45, 2.75) is 39.6 Å². The molecule has 4 heterocycles. The fourth-order valence-electron chi connectivity index (χ4n) is 5.87. The third-order valence-electron chi connectivity index (χ3n) is 8.12. The first-order chi connectivity index (χ1) is 21.6. The summed E-state index contributed by atoms with van der Waals surface area (Å²) in [6.45, 7) is 2.77. The van der Waals surface area contributed by atoms with E-state index < -0.39 is 6.61 Å². The molecule has 0 saturated carbocycles. The zero-order chi connectivity index (χ0) is 31.8. The Balaban J connectivity index is 1.31. The van der Waals surface area contributed by atoms with Crippen LogP contribution >= 0.6 is 0 Å². The van der Waals surface area contributed by atoms with E-state index in [1.165, 1.54) is 16.8 Å². The monoisotopic (exact) mass is 618 g/mol. The molecule has 1 N–H and O–H groups in total. The molecule has 2 aromatic carbocycles. The average molecular weight is 619 g/mol. The second kappa shape index (κ2) is 12.0. The van der Waals surface area contributed by atoms with Gasteiger partial charge in [0.25, 0.3) is 11.1 Å². The number of alkyl halides is 2. The molecule has 1 aliphatic rings. The minimum atomic E-state index is -3.03. The molecule has 1 aliphatic heterocycles. The topological polar surface area (TPSA) is 123 Å². The second-order valence-corrected chi connectivity index (χ2v) is 11.1. The van der Waals surface area contributed by atoms with Gasteiger partial charge in [0.15, 0.2) is 0 Å².